The van der Waals surface area contributed by atoms with Gasteiger partial charge in [-0.25, -0.2) is 16.8 Å². The summed E-state index contributed by atoms with van der Waals surface area (Å²) in [5.74, 6) is -1.04. The highest BCUT2D eigenvalue weighted by atomic mass is 35.5. The number of carbonyl (C=O) groups is 1. The predicted molar refractivity (Wildman–Crippen MR) is 159 cm³/mol. The molecule has 12 nitrogen and oxygen atoms in total. The standard InChI is InChI=1S/C27H27Cl2F2N3O9S2/c1-44(37,38)33-18-5-7-19(8-6-18)45(39,40)32-12-26(35)42-24(11-20-21(28)13-34(36)14-22(20)29)17-4-9-23(43-27(30)31)25(10-17)41-15-16-2-3-16/h4-10,13-14,16,24,27,32-33H,2-3,11-12,15H2,1H3/t24-/m0/s1. The molecular weight excluding hydrogens is 683 g/mol. The third-order valence-electron chi connectivity index (χ3n) is 6.32. The third-order valence-corrected chi connectivity index (χ3v) is 9.00. The van der Waals surface area contributed by atoms with Crippen LogP contribution in [0.2, 0.25) is 10.0 Å². The maximum absolute atomic E-state index is 13.1. The highest BCUT2D eigenvalue weighted by Gasteiger charge is 2.27. The van der Waals surface area contributed by atoms with Crippen molar-refractivity contribution in [3.63, 3.8) is 0 Å². The lowest BCUT2D eigenvalue weighted by atomic mass is 10.0. The van der Waals surface area contributed by atoms with Crippen LogP contribution in [0.1, 0.15) is 30.1 Å². The molecule has 244 valence electrons. The Morgan fingerprint density at radius 3 is 2.27 bits per heavy atom. The SMILES string of the molecule is CS(=O)(=O)Nc1ccc(S(=O)(=O)NCC(=O)O[C@@H](Cc2c(Cl)c[n+]([O-])cc2Cl)c2ccc(OC(F)F)c(OCC3CC3)c2)cc1. The van der Waals surface area contributed by atoms with Crippen LogP contribution in [-0.4, -0.2) is 48.8 Å². The zero-order valence-corrected chi connectivity index (χ0v) is 26.6. The van der Waals surface area contributed by atoms with E-state index in [4.69, 9.17) is 32.7 Å². The number of ether oxygens (including phenoxy) is 3. The minimum atomic E-state index is -4.24. The van der Waals surface area contributed by atoms with Gasteiger partial charge in [-0.05, 0) is 60.7 Å². The molecule has 4 rings (SSSR count). The number of anilines is 1. The van der Waals surface area contributed by atoms with Gasteiger partial charge in [0.05, 0.1) is 17.8 Å². The number of hydrogen-bond acceptors (Lipinski definition) is 9. The lowest BCUT2D eigenvalue weighted by Gasteiger charge is -2.21. The molecule has 0 unspecified atom stereocenters. The van der Waals surface area contributed by atoms with Crippen molar-refractivity contribution >= 4 is 54.9 Å². The first-order chi connectivity index (χ1) is 21.1. The Kier molecular flexibility index (Phi) is 11.0. The van der Waals surface area contributed by atoms with Gasteiger partial charge in [-0.15, -0.1) is 0 Å². The van der Waals surface area contributed by atoms with E-state index in [-0.39, 0.29) is 62.2 Å². The van der Waals surface area contributed by atoms with E-state index in [2.05, 4.69) is 14.2 Å². The number of nitrogens with one attached hydrogen (secondary N) is 2. The van der Waals surface area contributed by atoms with E-state index in [1.165, 1.54) is 30.3 Å². The van der Waals surface area contributed by atoms with Gasteiger partial charge in [-0.3, -0.25) is 9.52 Å². The number of hydrogen-bond donors (Lipinski definition) is 2. The summed E-state index contributed by atoms with van der Waals surface area (Å²) in [6.07, 6.45) is 3.46. The van der Waals surface area contributed by atoms with Crippen LogP contribution in [0.3, 0.4) is 0 Å². The van der Waals surface area contributed by atoms with Crippen molar-refractivity contribution in [1.82, 2.24) is 4.72 Å². The van der Waals surface area contributed by atoms with Gasteiger partial charge < -0.3 is 19.4 Å². The Morgan fingerprint density at radius 1 is 1.04 bits per heavy atom. The molecule has 1 aromatic heterocycles. The summed E-state index contributed by atoms with van der Waals surface area (Å²) in [6, 6.07) is 8.66. The molecule has 3 aromatic rings. The Hall–Kier alpha value is -3.44. The molecule has 45 heavy (non-hydrogen) atoms. The van der Waals surface area contributed by atoms with Crippen LogP contribution >= 0.6 is 23.2 Å². The van der Waals surface area contributed by atoms with Crippen molar-refractivity contribution < 1.29 is 49.4 Å². The first-order valence-corrected chi connectivity index (χ1v) is 17.3. The van der Waals surface area contributed by atoms with Crippen LogP contribution in [0, 0.1) is 11.1 Å². The largest absolute Gasteiger partial charge is 0.619 e. The van der Waals surface area contributed by atoms with Crippen molar-refractivity contribution in [2.75, 3.05) is 24.1 Å². The molecule has 1 aliphatic carbocycles. The number of sulfonamides is 2. The molecule has 2 N–H and O–H groups in total. The van der Waals surface area contributed by atoms with Crippen molar-refractivity contribution in [3.8, 4) is 11.5 Å². The Balaban J connectivity index is 1.56. The Labute approximate surface area is 267 Å². The third kappa shape index (κ3) is 10.3. The number of rotatable bonds is 15. The second-order valence-electron chi connectivity index (χ2n) is 10.0. The molecule has 1 aliphatic rings. The smallest absolute Gasteiger partial charge is 0.387 e. The number of aromatic nitrogens is 1. The van der Waals surface area contributed by atoms with E-state index in [1.807, 2.05) is 0 Å². The van der Waals surface area contributed by atoms with E-state index in [0.29, 0.717) is 4.73 Å². The number of esters is 1. The molecule has 0 bridgehead atoms. The lowest BCUT2D eigenvalue weighted by molar-refractivity contribution is -0.605. The van der Waals surface area contributed by atoms with Crippen LogP contribution in [-0.2, 0) is 36.0 Å². The lowest BCUT2D eigenvalue weighted by Crippen LogP contribution is -2.32. The van der Waals surface area contributed by atoms with Crippen molar-refractivity contribution in [2.45, 2.75) is 36.9 Å². The van der Waals surface area contributed by atoms with E-state index in [1.54, 1.807) is 0 Å². The number of pyridine rings is 1. The maximum atomic E-state index is 13.1. The second-order valence-corrected chi connectivity index (χ2v) is 14.4. The minimum Gasteiger partial charge on any atom is -0.619 e. The number of halogens is 4. The first-order valence-electron chi connectivity index (χ1n) is 13.1. The minimum absolute atomic E-state index is 0.0297. The molecule has 0 amide bonds. The van der Waals surface area contributed by atoms with Gasteiger partial charge in [0.25, 0.3) is 0 Å². The molecule has 1 saturated carbocycles. The molecule has 2 aromatic carbocycles. The normalized spacial score (nSPS) is 14.2. The summed E-state index contributed by atoms with van der Waals surface area (Å²) >= 11 is 12.5. The van der Waals surface area contributed by atoms with Crippen molar-refractivity contribution in [1.29, 1.82) is 0 Å². The highest BCUT2D eigenvalue weighted by molar-refractivity contribution is 7.92. The fourth-order valence-corrected chi connectivity index (χ4v) is 6.15. The summed E-state index contributed by atoms with van der Waals surface area (Å²) in [5.41, 5.74) is 0.600. The van der Waals surface area contributed by atoms with Gasteiger partial charge in [-0.2, -0.15) is 18.2 Å². The Bertz CT molecular complexity index is 1740. The molecule has 0 radical (unpaired) electrons. The van der Waals surface area contributed by atoms with Crippen LogP contribution in [0.4, 0.5) is 14.5 Å². The molecule has 0 spiro atoms. The zero-order valence-electron chi connectivity index (χ0n) is 23.4. The number of alkyl halides is 2. The fraction of sp³-hybridized carbons (Fsp3) is 0.333. The quantitative estimate of drug-likeness (QED) is 0.134. The summed E-state index contributed by atoms with van der Waals surface area (Å²) in [6.45, 7) is -3.70. The fourth-order valence-electron chi connectivity index (χ4n) is 4.02. The Morgan fingerprint density at radius 2 is 1.69 bits per heavy atom. The highest BCUT2D eigenvalue weighted by Crippen LogP contribution is 2.37. The van der Waals surface area contributed by atoms with Crippen LogP contribution in [0.5, 0.6) is 11.5 Å². The van der Waals surface area contributed by atoms with Crippen molar-refractivity contribution in [2.24, 2.45) is 5.92 Å². The molecule has 1 fully saturated rings. The van der Waals surface area contributed by atoms with Crippen molar-refractivity contribution in [3.05, 3.63) is 81.2 Å². The summed E-state index contributed by atoms with van der Waals surface area (Å²) < 4.78 is 95.1. The molecule has 1 heterocycles. The number of benzene rings is 2. The second kappa shape index (κ2) is 14.3. The topological polar surface area (TPSA) is 164 Å². The average Bonchev–Trinajstić information content (AvgIpc) is 3.76. The maximum Gasteiger partial charge on any atom is 0.387 e. The monoisotopic (exact) mass is 709 g/mol. The van der Waals surface area contributed by atoms with E-state index < -0.39 is 45.3 Å². The molecular formula is C27H27Cl2F2N3O9S2. The number of nitrogens with zero attached hydrogens (tertiary/aromatic N) is 1. The van der Waals surface area contributed by atoms with Crippen LogP contribution in [0.25, 0.3) is 0 Å². The molecule has 0 saturated heterocycles. The molecule has 18 heteroatoms. The van der Waals surface area contributed by atoms with Gasteiger partial charge in [0.2, 0.25) is 20.0 Å². The molecule has 1 atom stereocenters. The van der Waals surface area contributed by atoms with Crippen LogP contribution < -0.4 is 23.6 Å². The zero-order chi connectivity index (χ0) is 32.9. The average molecular weight is 711 g/mol. The van der Waals surface area contributed by atoms with Gasteiger partial charge in [0, 0.05) is 17.7 Å². The van der Waals surface area contributed by atoms with E-state index in [0.717, 1.165) is 43.6 Å². The van der Waals surface area contributed by atoms with E-state index in [9.17, 15) is 35.6 Å². The molecule has 0 aliphatic heterocycles. The summed E-state index contributed by atoms with van der Waals surface area (Å²) in [7, 11) is -7.83. The first kappa shape index (κ1) is 34.4. The van der Waals surface area contributed by atoms with Crippen LogP contribution in [0.15, 0.2) is 59.8 Å². The van der Waals surface area contributed by atoms with Gasteiger partial charge >= 0.3 is 12.6 Å². The van der Waals surface area contributed by atoms with Gasteiger partial charge in [0.15, 0.2) is 23.9 Å². The summed E-state index contributed by atoms with van der Waals surface area (Å²) in [5, 5.41) is 11.7. The van der Waals surface area contributed by atoms with Gasteiger partial charge in [-0.1, -0.05) is 29.3 Å². The summed E-state index contributed by atoms with van der Waals surface area (Å²) in [4.78, 5) is 12.7. The van der Waals surface area contributed by atoms with E-state index >= 15 is 0 Å². The predicted octanol–water partition coefficient (Wildman–Crippen LogP) is 4.19. The van der Waals surface area contributed by atoms with Gasteiger partial charge in [0.1, 0.15) is 22.7 Å². The number of carbonyl (C=O) groups excluding carboxylic acids is 1.